The van der Waals surface area contributed by atoms with Gasteiger partial charge in [-0.25, -0.2) is 4.99 Å². The Morgan fingerprint density at radius 1 is 0.667 bits per heavy atom. The van der Waals surface area contributed by atoms with Crippen molar-refractivity contribution in [3.8, 4) is 0 Å². The lowest BCUT2D eigenvalue weighted by Gasteiger charge is -1.97. The van der Waals surface area contributed by atoms with Crippen LogP contribution in [0.1, 0.15) is 15.9 Å². The second-order valence-corrected chi connectivity index (χ2v) is 7.19. The molecule has 0 spiro atoms. The van der Waals surface area contributed by atoms with Crippen LogP contribution in [-0.2, 0) is 0 Å². The maximum Gasteiger partial charge on any atom is 0.277 e. The first-order valence-electron chi connectivity index (χ1n) is 9.68. The number of carbonyl (C=O) groups excluding carboxylic acids is 1. The average molecular weight is 389 g/mol. The van der Waals surface area contributed by atoms with Gasteiger partial charge in [0.1, 0.15) is 22.3 Å². The summed E-state index contributed by atoms with van der Waals surface area (Å²) >= 11 is 0. The molecule has 6 aromatic rings. The van der Waals surface area contributed by atoms with Crippen molar-refractivity contribution in [1.82, 2.24) is 0 Å². The van der Waals surface area contributed by atoms with E-state index in [2.05, 4.69) is 4.99 Å². The van der Waals surface area contributed by atoms with E-state index in [-0.39, 0.29) is 5.91 Å². The Morgan fingerprint density at radius 3 is 2.17 bits per heavy atom. The molecular formula is C26H15NO3. The number of fused-ring (bicyclic) bond motifs is 6. The number of hydrogen-bond donors (Lipinski definition) is 0. The summed E-state index contributed by atoms with van der Waals surface area (Å²) in [5.41, 5.74) is 4.27. The van der Waals surface area contributed by atoms with Gasteiger partial charge in [-0.05, 0) is 36.4 Å². The summed E-state index contributed by atoms with van der Waals surface area (Å²) < 4.78 is 11.9. The molecule has 2 heterocycles. The fraction of sp³-hybridized carbons (Fsp3) is 0. The summed E-state index contributed by atoms with van der Waals surface area (Å²) in [7, 11) is 0. The van der Waals surface area contributed by atoms with Gasteiger partial charge in [-0.3, -0.25) is 4.79 Å². The Kier molecular flexibility index (Phi) is 3.59. The van der Waals surface area contributed by atoms with Gasteiger partial charge in [0.05, 0.1) is 0 Å². The molecule has 0 radical (unpaired) electrons. The monoisotopic (exact) mass is 389 g/mol. The predicted molar refractivity (Wildman–Crippen MR) is 119 cm³/mol. The molecule has 4 nitrogen and oxygen atoms in total. The Bertz CT molecular complexity index is 1620. The number of hydrogen-bond acceptors (Lipinski definition) is 3. The smallest absolute Gasteiger partial charge is 0.277 e. The molecule has 0 bridgehead atoms. The summed E-state index contributed by atoms with van der Waals surface area (Å²) in [4.78, 5) is 16.9. The average Bonchev–Trinajstić information content (AvgIpc) is 3.35. The van der Waals surface area contributed by atoms with Crippen molar-refractivity contribution in [2.75, 3.05) is 0 Å². The number of rotatable bonds is 2. The summed E-state index contributed by atoms with van der Waals surface area (Å²) in [5.74, 6) is -0.328. The lowest BCUT2D eigenvalue weighted by atomic mass is 10.1. The highest BCUT2D eigenvalue weighted by atomic mass is 16.3. The normalized spacial score (nSPS) is 12.0. The van der Waals surface area contributed by atoms with Crippen molar-refractivity contribution in [2.24, 2.45) is 4.99 Å². The molecule has 0 fully saturated rings. The highest BCUT2D eigenvalue weighted by Gasteiger charge is 2.12. The second-order valence-electron chi connectivity index (χ2n) is 7.19. The molecule has 0 N–H and O–H groups in total. The Hall–Kier alpha value is -4.18. The standard InChI is InChI=1S/C26H15NO3/c28-26(16-12-13-20-18-7-1-3-10-22(18)29-24(20)14-16)27-15-17-6-5-9-21-19-8-2-4-11-23(19)30-25(17)21/h1-15H. The van der Waals surface area contributed by atoms with E-state index < -0.39 is 0 Å². The van der Waals surface area contributed by atoms with E-state index in [9.17, 15) is 4.79 Å². The summed E-state index contributed by atoms with van der Waals surface area (Å²) in [6, 6.07) is 27.0. The van der Waals surface area contributed by atoms with Gasteiger partial charge < -0.3 is 8.83 Å². The van der Waals surface area contributed by atoms with Crippen molar-refractivity contribution in [3.63, 3.8) is 0 Å². The predicted octanol–water partition coefficient (Wildman–Crippen LogP) is 6.74. The zero-order valence-electron chi connectivity index (χ0n) is 15.8. The van der Waals surface area contributed by atoms with Crippen LogP contribution in [0.4, 0.5) is 0 Å². The molecule has 4 heteroatoms. The zero-order chi connectivity index (χ0) is 20.1. The van der Waals surface area contributed by atoms with Gasteiger partial charge in [0, 0.05) is 38.9 Å². The van der Waals surface area contributed by atoms with Crippen molar-refractivity contribution >= 4 is 56.0 Å². The van der Waals surface area contributed by atoms with Crippen LogP contribution in [0, 0.1) is 0 Å². The molecule has 6 rings (SSSR count). The van der Waals surface area contributed by atoms with Gasteiger partial charge in [0.25, 0.3) is 5.91 Å². The van der Waals surface area contributed by atoms with E-state index in [4.69, 9.17) is 8.83 Å². The number of amides is 1. The fourth-order valence-corrected chi connectivity index (χ4v) is 3.93. The zero-order valence-corrected chi connectivity index (χ0v) is 15.8. The van der Waals surface area contributed by atoms with Crippen LogP contribution in [0.5, 0.6) is 0 Å². The largest absolute Gasteiger partial charge is 0.456 e. The Morgan fingerprint density at radius 2 is 1.33 bits per heavy atom. The minimum absolute atomic E-state index is 0.328. The number of carbonyl (C=O) groups is 1. The van der Waals surface area contributed by atoms with Gasteiger partial charge in [0.2, 0.25) is 0 Å². The SMILES string of the molecule is O=C(N=Cc1cccc2c1oc1ccccc12)c1ccc2c(c1)oc1ccccc12. The Labute approximate surface area is 171 Å². The number of nitrogens with zero attached hydrogens (tertiary/aromatic N) is 1. The van der Waals surface area contributed by atoms with Crippen LogP contribution in [0.15, 0.2) is 98.8 Å². The maximum atomic E-state index is 12.7. The van der Waals surface area contributed by atoms with Gasteiger partial charge in [-0.1, -0.05) is 48.5 Å². The van der Waals surface area contributed by atoms with E-state index in [0.29, 0.717) is 11.1 Å². The molecule has 1 amide bonds. The Balaban J connectivity index is 1.39. The maximum absolute atomic E-state index is 12.7. The van der Waals surface area contributed by atoms with Crippen LogP contribution in [0.2, 0.25) is 0 Å². The van der Waals surface area contributed by atoms with E-state index >= 15 is 0 Å². The second kappa shape index (κ2) is 6.42. The first kappa shape index (κ1) is 16.7. The molecule has 30 heavy (non-hydrogen) atoms. The third-order valence-corrected chi connectivity index (χ3v) is 5.38. The van der Waals surface area contributed by atoms with E-state index in [0.717, 1.165) is 43.9 Å². The fourth-order valence-electron chi connectivity index (χ4n) is 3.93. The van der Waals surface area contributed by atoms with Crippen molar-refractivity contribution in [2.45, 2.75) is 0 Å². The minimum atomic E-state index is -0.328. The molecule has 0 aliphatic heterocycles. The highest BCUT2D eigenvalue weighted by Crippen LogP contribution is 2.31. The first-order chi connectivity index (χ1) is 14.8. The molecule has 0 aliphatic carbocycles. The summed E-state index contributed by atoms with van der Waals surface area (Å²) in [6.07, 6.45) is 1.57. The van der Waals surface area contributed by atoms with Gasteiger partial charge in [-0.15, -0.1) is 0 Å². The van der Waals surface area contributed by atoms with Gasteiger partial charge >= 0.3 is 0 Å². The molecule has 0 unspecified atom stereocenters. The van der Waals surface area contributed by atoms with Crippen LogP contribution in [0.3, 0.4) is 0 Å². The number of furan rings is 2. The molecule has 0 aliphatic rings. The number of aliphatic imine (C=N–C) groups is 1. The van der Waals surface area contributed by atoms with Crippen LogP contribution in [0.25, 0.3) is 43.9 Å². The third-order valence-electron chi connectivity index (χ3n) is 5.38. The van der Waals surface area contributed by atoms with Crippen molar-refractivity contribution in [1.29, 1.82) is 0 Å². The highest BCUT2D eigenvalue weighted by molar-refractivity contribution is 6.13. The molecule has 0 saturated heterocycles. The molecule has 2 aromatic heterocycles. The lowest BCUT2D eigenvalue weighted by Crippen LogP contribution is -1.95. The molecular weight excluding hydrogens is 374 g/mol. The lowest BCUT2D eigenvalue weighted by molar-refractivity contribution is 0.100. The van der Waals surface area contributed by atoms with E-state index in [1.807, 2.05) is 72.8 Å². The molecule has 0 saturated carbocycles. The van der Waals surface area contributed by atoms with Crippen LogP contribution < -0.4 is 0 Å². The van der Waals surface area contributed by atoms with E-state index in [1.165, 1.54) is 0 Å². The number of benzene rings is 4. The third kappa shape index (κ3) is 2.54. The first-order valence-corrected chi connectivity index (χ1v) is 9.68. The van der Waals surface area contributed by atoms with Crippen LogP contribution in [-0.4, -0.2) is 12.1 Å². The number of para-hydroxylation sites is 3. The topological polar surface area (TPSA) is 55.7 Å². The molecule has 0 atom stereocenters. The van der Waals surface area contributed by atoms with Gasteiger partial charge in [-0.2, -0.15) is 0 Å². The van der Waals surface area contributed by atoms with Crippen molar-refractivity contribution < 1.29 is 13.6 Å². The quantitative estimate of drug-likeness (QED) is 0.308. The summed E-state index contributed by atoms with van der Waals surface area (Å²) in [6.45, 7) is 0. The summed E-state index contributed by atoms with van der Waals surface area (Å²) in [5, 5.41) is 4.07. The van der Waals surface area contributed by atoms with Crippen LogP contribution >= 0.6 is 0 Å². The van der Waals surface area contributed by atoms with Gasteiger partial charge in [0.15, 0.2) is 0 Å². The molecule has 4 aromatic carbocycles. The van der Waals surface area contributed by atoms with E-state index in [1.54, 1.807) is 18.3 Å². The minimum Gasteiger partial charge on any atom is -0.456 e. The molecule has 142 valence electrons. The van der Waals surface area contributed by atoms with Crippen molar-refractivity contribution in [3.05, 3.63) is 96.1 Å².